The van der Waals surface area contributed by atoms with Crippen LogP contribution in [0.1, 0.15) is 31.5 Å². The third-order valence-electron chi connectivity index (χ3n) is 2.05. The molecule has 0 aromatic carbocycles. The van der Waals surface area contributed by atoms with Gasteiger partial charge in [-0.25, -0.2) is 4.98 Å². The SMILES string of the molecule is Cc1nc(CN(C)C(=O)C(C)(C)C)cs1. The molecule has 0 atom stereocenters. The zero-order chi connectivity index (χ0) is 11.6. The normalized spacial score (nSPS) is 11.5. The number of rotatable bonds is 2. The minimum atomic E-state index is -0.320. The number of aryl methyl sites for hydroxylation is 1. The molecule has 84 valence electrons. The highest BCUT2D eigenvalue weighted by molar-refractivity contribution is 7.09. The van der Waals surface area contributed by atoms with Gasteiger partial charge in [0.1, 0.15) is 0 Å². The van der Waals surface area contributed by atoms with Crippen molar-refractivity contribution in [1.29, 1.82) is 0 Å². The molecule has 0 radical (unpaired) electrons. The molecular weight excluding hydrogens is 208 g/mol. The largest absolute Gasteiger partial charge is 0.339 e. The maximum atomic E-state index is 11.9. The second-order valence-electron chi connectivity index (χ2n) is 4.77. The molecule has 1 rings (SSSR count). The molecule has 0 N–H and O–H groups in total. The van der Waals surface area contributed by atoms with Crippen LogP contribution in [0.2, 0.25) is 0 Å². The van der Waals surface area contributed by atoms with Crippen LogP contribution in [0.25, 0.3) is 0 Å². The second kappa shape index (κ2) is 4.31. The number of hydrogen-bond donors (Lipinski definition) is 0. The average molecular weight is 226 g/mol. The quantitative estimate of drug-likeness (QED) is 0.776. The summed E-state index contributed by atoms with van der Waals surface area (Å²) in [4.78, 5) is 17.9. The van der Waals surface area contributed by atoms with Crippen molar-refractivity contribution in [1.82, 2.24) is 9.88 Å². The number of aromatic nitrogens is 1. The summed E-state index contributed by atoms with van der Waals surface area (Å²) in [6, 6.07) is 0. The van der Waals surface area contributed by atoms with Gasteiger partial charge in [-0.05, 0) is 6.92 Å². The van der Waals surface area contributed by atoms with E-state index in [4.69, 9.17) is 0 Å². The van der Waals surface area contributed by atoms with Gasteiger partial charge in [0.2, 0.25) is 5.91 Å². The van der Waals surface area contributed by atoms with Crippen LogP contribution in [0.5, 0.6) is 0 Å². The topological polar surface area (TPSA) is 33.2 Å². The van der Waals surface area contributed by atoms with Crippen LogP contribution >= 0.6 is 11.3 Å². The Morgan fingerprint density at radius 3 is 2.53 bits per heavy atom. The molecule has 0 aliphatic carbocycles. The number of amides is 1. The Kier molecular flexibility index (Phi) is 3.50. The van der Waals surface area contributed by atoms with E-state index in [0.29, 0.717) is 6.54 Å². The lowest BCUT2D eigenvalue weighted by Gasteiger charge is -2.25. The van der Waals surface area contributed by atoms with Crippen LogP contribution in [0.15, 0.2) is 5.38 Å². The summed E-state index contributed by atoms with van der Waals surface area (Å²) in [5, 5.41) is 3.04. The monoisotopic (exact) mass is 226 g/mol. The third-order valence-corrected chi connectivity index (χ3v) is 2.88. The van der Waals surface area contributed by atoms with Crippen molar-refractivity contribution in [3.05, 3.63) is 16.1 Å². The number of carbonyl (C=O) groups excluding carboxylic acids is 1. The van der Waals surface area contributed by atoms with E-state index in [1.54, 1.807) is 16.2 Å². The number of carbonyl (C=O) groups is 1. The molecule has 0 unspecified atom stereocenters. The smallest absolute Gasteiger partial charge is 0.228 e. The molecule has 3 nitrogen and oxygen atoms in total. The van der Waals surface area contributed by atoms with Crippen molar-refractivity contribution < 1.29 is 4.79 Å². The molecule has 1 heterocycles. The molecule has 0 aliphatic heterocycles. The average Bonchev–Trinajstić information content (AvgIpc) is 2.48. The highest BCUT2D eigenvalue weighted by atomic mass is 32.1. The summed E-state index contributed by atoms with van der Waals surface area (Å²) < 4.78 is 0. The first-order valence-electron chi connectivity index (χ1n) is 4.97. The molecular formula is C11H18N2OS. The summed E-state index contributed by atoms with van der Waals surface area (Å²) in [6.45, 7) is 8.36. The zero-order valence-electron chi connectivity index (χ0n) is 10.00. The number of nitrogens with zero attached hydrogens (tertiary/aromatic N) is 2. The fourth-order valence-corrected chi connectivity index (χ4v) is 1.97. The number of thiazole rings is 1. The zero-order valence-corrected chi connectivity index (χ0v) is 10.8. The molecule has 1 aromatic rings. The molecule has 0 spiro atoms. The summed E-state index contributed by atoms with van der Waals surface area (Å²) >= 11 is 1.62. The molecule has 1 amide bonds. The number of hydrogen-bond acceptors (Lipinski definition) is 3. The van der Waals surface area contributed by atoms with E-state index in [1.165, 1.54) is 0 Å². The predicted molar refractivity (Wildman–Crippen MR) is 62.8 cm³/mol. The van der Waals surface area contributed by atoms with E-state index in [1.807, 2.05) is 40.1 Å². The standard InChI is InChI=1S/C11H18N2OS/c1-8-12-9(7-15-8)6-13(5)10(14)11(2,3)4/h7H,6H2,1-5H3. The van der Waals surface area contributed by atoms with E-state index in [-0.39, 0.29) is 11.3 Å². The first-order valence-corrected chi connectivity index (χ1v) is 5.85. The van der Waals surface area contributed by atoms with Gasteiger partial charge in [-0.1, -0.05) is 20.8 Å². The Morgan fingerprint density at radius 1 is 1.53 bits per heavy atom. The molecule has 0 saturated carbocycles. The van der Waals surface area contributed by atoms with Crippen molar-refractivity contribution in [2.45, 2.75) is 34.2 Å². The second-order valence-corrected chi connectivity index (χ2v) is 5.83. The highest BCUT2D eigenvalue weighted by Gasteiger charge is 2.25. The Labute approximate surface area is 95.1 Å². The summed E-state index contributed by atoms with van der Waals surface area (Å²) in [7, 11) is 1.82. The summed E-state index contributed by atoms with van der Waals surface area (Å²) in [5.41, 5.74) is 0.650. The van der Waals surface area contributed by atoms with E-state index in [2.05, 4.69) is 4.98 Å². The van der Waals surface area contributed by atoms with Crippen molar-refractivity contribution in [2.75, 3.05) is 7.05 Å². The molecule has 0 bridgehead atoms. The van der Waals surface area contributed by atoms with E-state index >= 15 is 0 Å². The van der Waals surface area contributed by atoms with Crippen molar-refractivity contribution in [3.63, 3.8) is 0 Å². The first kappa shape index (κ1) is 12.2. The Hall–Kier alpha value is -0.900. The molecule has 0 aliphatic rings. The molecule has 4 heteroatoms. The van der Waals surface area contributed by atoms with E-state index in [9.17, 15) is 4.79 Å². The summed E-state index contributed by atoms with van der Waals surface area (Å²) in [5.74, 6) is 0.146. The predicted octanol–water partition coefficient (Wildman–Crippen LogP) is 2.46. The van der Waals surface area contributed by atoms with E-state index < -0.39 is 0 Å². The van der Waals surface area contributed by atoms with Crippen LogP contribution < -0.4 is 0 Å². The van der Waals surface area contributed by atoms with Crippen molar-refractivity contribution in [3.8, 4) is 0 Å². The van der Waals surface area contributed by atoms with Crippen molar-refractivity contribution >= 4 is 17.2 Å². The maximum absolute atomic E-state index is 11.9. The molecule has 0 fully saturated rings. The van der Waals surface area contributed by atoms with Crippen LogP contribution in [-0.2, 0) is 11.3 Å². The van der Waals surface area contributed by atoms with Gasteiger partial charge in [-0.15, -0.1) is 11.3 Å². The van der Waals surface area contributed by atoms with Crippen LogP contribution in [-0.4, -0.2) is 22.8 Å². The van der Waals surface area contributed by atoms with Gasteiger partial charge >= 0.3 is 0 Å². The summed E-state index contributed by atoms with van der Waals surface area (Å²) in [6.07, 6.45) is 0. The molecule has 0 saturated heterocycles. The lowest BCUT2D eigenvalue weighted by atomic mass is 9.95. The lowest BCUT2D eigenvalue weighted by molar-refractivity contribution is -0.138. The third kappa shape index (κ3) is 3.30. The van der Waals surface area contributed by atoms with E-state index in [0.717, 1.165) is 10.7 Å². The minimum absolute atomic E-state index is 0.146. The van der Waals surface area contributed by atoms with Gasteiger partial charge in [0.05, 0.1) is 17.2 Å². The molecule has 1 aromatic heterocycles. The first-order chi connectivity index (χ1) is 6.80. The van der Waals surface area contributed by atoms with Gasteiger partial charge in [-0.3, -0.25) is 4.79 Å². The Balaban J connectivity index is 2.64. The lowest BCUT2D eigenvalue weighted by Crippen LogP contribution is -2.36. The fourth-order valence-electron chi connectivity index (χ4n) is 1.37. The van der Waals surface area contributed by atoms with Gasteiger partial charge in [-0.2, -0.15) is 0 Å². The van der Waals surface area contributed by atoms with Gasteiger partial charge < -0.3 is 4.90 Å². The Bertz CT molecular complexity index is 352. The van der Waals surface area contributed by atoms with Gasteiger partial charge in [0.25, 0.3) is 0 Å². The van der Waals surface area contributed by atoms with Crippen molar-refractivity contribution in [2.24, 2.45) is 5.41 Å². The maximum Gasteiger partial charge on any atom is 0.228 e. The van der Waals surface area contributed by atoms with Crippen LogP contribution in [0.4, 0.5) is 0 Å². The Morgan fingerprint density at radius 2 is 2.13 bits per heavy atom. The minimum Gasteiger partial charge on any atom is -0.339 e. The van der Waals surface area contributed by atoms with Gasteiger partial charge in [0, 0.05) is 17.8 Å². The van der Waals surface area contributed by atoms with Crippen LogP contribution in [0.3, 0.4) is 0 Å². The van der Waals surface area contributed by atoms with Crippen LogP contribution in [0, 0.1) is 12.3 Å². The fraction of sp³-hybridized carbons (Fsp3) is 0.636. The van der Waals surface area contributed by atoms with Gasteiger partial charge in [0.15, 0.2) is 0 Å². The highest BCUT2D eigenvalue weighted by Crippen LogP contribution is 2.18. The molecule has 15 heavy (non-hydrogen) atoms.